The summed E-state index contributed by atoms with van der Waals surface area (Å²) in [4.78, 5) is 22.9. The molecule has 4 nitrogen and oxygen atoms in total. The van der Waals surface area contributed by atoms with Crippen LogP contribution in [0.4, 0.5) is 0 Å². The molecule has 0 bridgehead atoms. The smallest absolute Gasteiger partial charge is 0.324 e. The lowest BCUT2D eigenvalue weighted by atomic mass is 9.84. The van der Waals surface area contributed by atoms with E-state index in [0.717, 1.165) is 11.1 Å². The highest BCUT2D eigenvalue weighted by Gasteiger charge is 2.51. The predicted octanol–water partition coefficient (Wildman–Crippen LogP) is 1.75. The third-order valence-corrected chi connectivity index (χ3v) is 2.94. The minimum Gasteiger partial charge on any atom is -0.480 e. The minimum absolute atomic E-state index is 0.214. The molecule has 0 unspecified atom stereocenters. The summed E-state index contributed by atoms with van der Waals surface area (Å²) in [7, 11) is 0. The third-order valence-electron chi connectivity index (χ3n) is 2.94. The van der Waals surface area contributed by atoms with E-state index in [1.807, 2.05) is 13.8 Å². The minimum atomic E-state index is -1.37. The van der Waals surface area contributed by atoms with Crippen LogP contribution in [0.1, 0.15) is 33.6 Å². The molecule has 0 heterocycles. The zero-order chi connectivity index (χ0) is 11.6. The molecule has 1 rings (SSSR count). The Hall–Kier alpha value is -1.32. The fourth-order valence-electron chi connectivity index (χ4n) is 1.92. The van der Waals surface area contributed by atoms with Crippen LogP contribution < -0.4 is 0 Å². The lowest BCUT2D eigenvalue weighted by Crippen LogP contribution is -2.39. The number of carboxylic acids is 1. The molecule has 0 fully saturated rings. The van der Waals surface area contributed by atoms with Gasteiger partial charge >= 0.3 is 11.9 Å². The second-order valence-electron chi connectivity index (χ2n) is 4.02. The Kier molecular flexibility index (Phi) is 3.17. The van der Waals surface area contributed by atoms with Crippen LogP contribution in [-0.4, -0.2) is 23.7 Å². The largest absolute Gasteiger partial charge is 0.480 e. The van der Waals surface area contributed by atoms with Crippen LogP contribution in [0.3, 0.4) is 0 Å². The monoisotopic (exact) mass is 212 g/mol. The van der Waals surface area contributed by atoms with E-state index in [9.17, 15) is 9.59 Å². The number of carbonyl (C=O) groups excluding carboxylic acids is 1. The number of allylic oxidation sites excluding steroid dienone is 2. The second-order valence-corrected chi connectivity index (χ2v) is 4.02. The fraction of sp³-hybridized carbons (Fsp3) is 0.636. The molecule has 1 aliphatic rings. The summed E-state index contributed by atoms with van der Waals surface area (Å²) in [5.74, 6) is -1.70. The van der Waals surface area contributed by atoms with E-state index in [0.29, 0.717) is 0 Å². The summed E-state index contributed by atoms with van der Waals surface area (Å²) in [6.07, 6.45) is 0.542. The molecular formula is C11H16O4. The van der Waals surface area contributed by atoms with E-state index < -0.39 is 17.4 Å². The van der Waals surface area contributed by atoms with Crippen molar-refractivity contribution < 1.29 is 19.4 Å². The van der Waals surface area contributed by atoms with Crippen molar-refractivity contribution in [3.8, 4) is 0 Å². The van der Waals surface area contributed by atoms with Gasteiger partial charge < -0.3 is 9.84 Å². The van der Waals surface area contributed by atoms with Gasteiger partial charge in [0.2, 0.25) is 0 Å². The molecule has 0 spiro atoms. The van der Waals surface area contributed by atoms with Gasteiger partial charge in [-0.25, -0.2) is 0 Å². The first-order valence-corrected chi connectivity index (χ1v) is 5.00. The number of carboxylic acid groups (broad SMARTS) is 1. The molecular weight excluding hydrogens is 196 g/mol. The SMILES string of the molecule is CCOC(=O)C1(C(=O)O)CC(C)=C(C)C1. The normalized spacial score (nSPS) is 19.1. The van der Waals surface area contributed by atoms with Crippen molar-refractivity contribution in [2.24, 2.45) is 5.41 Å². The van der Waals surface area contributed by atoms with Crippen molar-refractivity contribution in [3.05, 3.63) is 11.1 Å². The summed E-state index contributed by atoms with van der Waals surface area (Å²) in [6, 6.07) is 0. The molecule has 0 aromatic rings. The molecule has 1 N–H and O–H groups in total. The highest BCUT2D eigenvalue weighted by molar-refractivity contribution is 6.00. The molecule has 0 saturated heterocycles. The molecule has 0 aromatic heterocycles. The first-order valence-electron chi connectivity index (χ1n) is 5.00. The van der Waals surface area contributed by atoms with Gasteiger partial charge in [-0.3, -0.25) is 9.59 Å². The lowest BCUT2D eigenvalue weighted by Gasteiger charge is -2.21. The van der Waals surface area contributed by atoms with Gasteiger partial charge in [-0.1, -0.05) is 11.1 Å². The quantitative estimate of drug-likeness (QED) is 0.440. The molecule has 84 valence electrons. The maximum Gasteiger partial charge on any atom is 0.324 e. The highest BCUT2D eigenvalue weighted by Crippen LogP contribution is 2.42. The molecule has 0 aliphatic heterocycles. The standard InChI is InChI=1S/C11H16O4/c1-4-15-10(14)11(9(12)13)5-7(2)8(3)6-11/h4-6H2,1-3H3,(H,12,13). The Balaban J connectivity index is 2.95. The molecule has 4 heteroatoms. The molecule has 0 amide bonds. The van der Waals surface area contributed by atoms with Gasteiger partial charge in [0.05, 0.1) is 6.61 Å². The lowest BCUT2D eigenvalue weighted by molar-refractivity contribution is -0.167. The van der Waals surface area contributed by atoms with Crippen molar-refractivity contribution >= 4 is 11.9 Å². The average Bonchev–Trinajstić information content (AvgIpc) is 2.45. The Morgan fingerprint density at radius 3 is 2.13 bits per heavy atom. The Morgan fingerprint density at radius 2 is 1.80 bits per heavy atom. The summed E-state index contributed by atoms with van der Waals surface area (Å²) in [6.45, 7) is 5.61. The van der Waals surface area contributed by atoms with Crippen LogP contribution in [0.25, 0.3) is 0 Å². The van der Waals surface area contributed by atoms with Crippen molar-refractivity contribution in [3.63, 3.8) is 0 Å². The summed E-state index contributed by atoms with van der Waals surface area (Å²) >= 11 is 0. The van der Waals surface area contributed by atoms with E-state index in [-0.39, 0.29) is 19.4 Å². The van der Waals surface area contributed by atoms with E-state index in [1.165, 1.54) is 0 Å². The zero-order valence-electron chi connectivity index (χ0n) is 9.29. The summed E-state index contributed by atoms with van der Waals surface area (Å²) < 4.78 is 4.84. The first-order chi connectivity index (χ1) is 6.94. The van der Waals surface area contributed by atoms with Gasteiger partial charge in [-0.05, 0) is 33.6 Å². The van der Waals surface area contributed by atoms with Crippen LogP contribution in [0, 0.1) is 5.41 Å². The number of rotatable bonds is 3. The van der Waals surface area contributed by atoms with Gasteiger partial charge in [-0.15, -0.1) is 0 Å². The third kappa shape index (κ3) is 1.89. The first kappa shape index (κ1) is 11.8. The maximum absolute atomic E-state index is 11.7. The van der Waals surface area contributed by atoms with Gasteiger partial charge in [-0.2, -0.15) is 0 Å². The predicted molar refractivity (Wildman–Crippen MR) is 54.3 cm³/mol. The van der Waals surface area contributed by atoms with Crippen LogP contribution >= 0.6 is 0 Å². The number of hydrogen-bond donors (Lipinski definition) is 1. The van der Waals surface area contributed by atoms with Crippen molar-refractivity contribution in [2.45, 2.75) is 33.6 Å². The highest BCUT2D eigenvalue weighted by atomic mass is 16.5. The Labute approximate surface area is 88.9 Å². The Bertz CT molecular complexity index is 313. The van der Waals surface area contributed by atoms with Crippen LogP contribution in [0.5, 0.6) is 0 Å². The molecule has 0 aromatic carbocycles. The number of ether oxygens (including phenoxy) is 1. The second kappa shape index (κ2) is 4.04. The number of aliphatic carboxylic acids is 1. The van der Waals surface area contributed by atoms with Crippen LogP contribution in [-0.2, 0) is 14.3 Å². The number of hydrogen-bond acceptors (Lipinski definition) is 3. The zero-order valence-corrected chi connectivity index (χ0v) is 9.29. The fourth-order valence-corrected chi connectivity index (χ4v) is 1.92. The van der Waals surface area contributed by atoms with E-state index in [1.54, 1.807) is 6.92 Å². The van der Waals surface area contributed by atoms with Gasteiger partial charge in [0.25, 0.3) is 0 Å². The Morgan fingerprint density at radius 1 is 1.33 bits per heavy atom. The maximum atomic E-state index is 11.7. The van der Waals surface area contributed by atoms with Gasteiger partial charge in [0.1, 0.15) is 0 Å². The van der Waals surface area contributed by atoms with Crippen molar-refractivity contribution in [2.75, 3.05) is 6.61 Å². The van der Waals surface area contributed by atoms with Crippen LogP contribution in [0.15, 0.2) is 11.1 Å². The summed E-state index contributed by atoms with van der Waals surface area (Å²) in [5.41, 5.74) is 0.584. The van der Waals surface area contributed by atoms with E-state index in [2.05, 4.69) is 0 Å². The molecule has 15 heavy (non-hydrogen) atoms. The van der Waals surface area contributed by atoms with Gasteiger partial charge in [0.15, 0.2) is 5.41 Å². The molecule has 0 saturated carbocycles. The van der Waals surface area contributed by atoms with E-state index in [4.69, 9.17) is 9.84 Å². The molecule has 1 aliphatic carbocycles. The van der Waals surface area contributed by atoms with Crippen molar-refractivity contribution in [1.82, 2.24) is 0 Å². The average molecular weight is 212 g/mol. The number of esters is 1. The van der Waals surface area contributed by atoms with Crippen LogP contribution in [0.2, 0.25) is 0 Å². The summed E-state index contributed by atoms with van der Waals surface area (Å²) in [5, 5.41) is 9.17. The van der Waals surface area contributed by atoms with Gasteiger partial charge in [0, 0.05) is 0 Å². The number of carbonyl (C=O) groups is 2. The molecule has 0 atom stereocenters. The topological polar surface area (TPSA) is 63.6 Å². The molecule has 0 radical (unpaired) electrons. The van der Waals surface area contributed by atoms with Crippen molar-refractivity contribution in [1.29, 1.82) is 0 Å². The van der Waals surface area contributed by atoms with E-state index >= 15 is 0 Å².